The third-order valence-corrected chi connectivity index (χ3v) is 2.75. The normalized spacial score (nSPS) is 10.1. The van der Waals surface area contributed by atoms with Crippen molar-refractivity contribution in [2.75, 3.05) is 7.11 Å². The third kappa shape index (κ3) is 2.69. The predicted molar refractivity (Wildman–Crippen MR) is 72.6 cm³/mol. The molecule has 0 radical (unpaired) electrons. The first-order valence-corrected chi connectivity index (χ1v) is 6.06. The number of ether oxygens (including phenoxy) is 2. The second-order valence-corrected chi connectivity index (χ2v) is 3.95. The largest absolute Gasteiger partial charge is 0.493 e. The molecule has 6 heteroatoms. The van der Waals surface area contributed by atoms with E-state index in [4.69, 9.17) is 9.47 Å². The Bertz CT molecular complexity index is 679. The highest BCUT2D eigenvalue weighted by atomic mass is 16.5. The quantitative estimate of drug-likeness (QED) is 0.778. The molecule has 0 aliphatic rings. The standard InChI is InChI=1S/C14H14N2O4/c1-3-16-7-6-15-13(14(16)18)20-12-8-10(9-17)4-5-11(12)19-2/h4-9H,3H2,1-2H3. The van der Waals surface area contributed by atoms with Gasteiger partial charge in [-0.15, -0.1) is 0 Å². The van der Waals surface area contributed by atoms with Gasteiger partial charge in [-0.05, 0) is 25.1 Å². The van der Waals surface area contributed by atoms with E-state index in [2.05, 4.69) is 4.98 Å². The summed E-state index contributed by atoms with van der Waals surface area (Å²) in [5, 5.41) is 0. The van der Waals surface area contributed by atoms with Crippen LogP contribution in [0.1, 0.15) is 17.3 Å². The molecule has 0 saturated carbocycles. The Kier molecular flexibility index (Phi) is 4.14. The molecule has 0 aliphatic carbocycles. The minimum atomic E-state index is -0.339. The molecule has 0 unspecified atom stereocenters. The summed E-state index contributed by atoms with van der Waals surface area (Å²) in [6.45, 7) is 2.36. The highest BCUT2D eigenvalue weighted by Gasteiger charge is 2.11. The zero-order valence-corrected chi connectivity index (χ0v) is 11.2. The van der Waals surface area contributed by atoms with Crippen molar-refractivity contribution >= 4 is 6.29 Å². The number of hydrogen-bond acceptors (Lipinski definition) is 5. The first-order valence-electron chi connectivity index (χ1n) is 6.06. The Hall–Kier alpha value is -2.63. The molecule has 1 aromatic heterocycles. The fourth-order valence-electron chi connectivity index (χ4n) is 1.70. The van der Waals surface area contributed by atoms with Crippen molar-refractivity contribution in [3.63, 3.8) is 0 Å². The molecule has 0 fully saturated rings. The van der Waals surface area contributed by atoms with Crippen LogP contribution in [-0.2, 0) is 6.54 Å². The van der Waals surface area contributed by atoms with E-state index in [1.165, 1.54) is 23.9 Å². The second kappa shape index (κ2) is 6.01. The maximum atomic E-state index is 12.0. The van der Waals surface area contributed by atoms with Gasteiger partial charge in [0.2, 0.25) is 0 Å². The summed E-state index contributed by atoms with van der Waals surface area (Å²) in [4.78, 5) is 26.7. The summed E-state index contributed by atoms with van der Waals surface area (Å²) < 4.78 is 12.1. The summed E-state index contributed by atoms with van der Waals surface area (Å²) in [6.07, 6.45) is 3.75. The number of rotatable bonds is 5. The lowest BCUT2D eigenvalue weighted by Gasteiger charge is -2.10. The van der Waals surface area contributed by atoms with Crippen molar-refractivity contribution < 1.29 is 14.3 Å². The summed E-state index contributed by atoms with van der Waals surface area (Å²) in [5.74, 6) is 0.634. The monoisotopic (exact) mass is 274 g/mol. The maximum Gasteiger partial charge on any atom is 0.313 e. The van der Waals surface area contributed by atoms with Gasteiger partial charge in [0.1, 0.15) is 6.29 Å². The summed E-state index contributed by atoms with van der Waals surface area (Å²) in [6, 6.07) is 4.69. The lowest BCUT2D eigenvalue weighted by molar-refractivity contribution is 0.112. The van der Waals surface area contributed by atoms with E-state index in [1.807, 2.05) is 6.92 Å². The lowest BCUT2D eigenvalue weighted by atomic mass is 10.2. The Morgan fingerprint density at radius 2 is 2.15 bits per heavy atom. The van der Waals surface area contributed by atoms with Crippen LogP contribution in [0.4, 0.5) is 0 Å². The van der Waals surface area contributed by atoms with E-state index in [-0.39, 0.29) is 17.2 Å². The number of carbonyl (C=O) groups excluding carboxylic acids is 1. The van der Waals surface area contributed by atoms with Crippen LogP contribution >= 0.6 is 0 Å². The van der Waals surface area contributed by atoms with Gasteiger partial charge in [-0.1, -0.05) is 0 Å². The minimum Gasteiger partial charge on any atom is -0.493 e. The summed E-state index contributed by atoms with van der Waals surface area (Å²) in [5.41, 5.74) is 0.0844. The predicted octanol–water partition coefficient (Wildman–Crippen LogP) is 1.88. The van der Waals surface area contributed by atoms with E-state index in [1.54, 1.807) is 18.3 Å². The zero-order valence-electron chi connectivity index (χ0n) is 11.2. The molecule has 0 atom stereocenters. The molecule has 0 spiro atoms. The number of aromatic nitrogens is 2. The zero-order chi connectivity index (χ0) is 14.5. The molecule has 0 aliphatic heterocycles. The molecule has 2 rings (SSSR count). The van der Waals surface area contributed by atoms with Crippen LogP contribution in [0.15, 0.2) is 35.4 Å². The molecular weight excluding hydrogens is 260 g/mol. The van der Waals surface area contributed by atoms with E-state index < -0.39 is 0 Å². The average molecular weight is 274 g/mol. The summed E-state index contributed by atoms with van der Waals surface area (Å²) in [7, 11) is 1.48. The van der Waals surface area contributed by atoms with Crippen LogP contribution in [0, 0.1) is 0 Å². The Morgan fingerprint density at radius 1 is 1.35 bits per heavy atom. The van der Waals surface area contributed by atoms with Crippen molar-refractivity contribution in [2.24, 2.45) is 0 Å². The van der Waals surface area contributed by atoms with Crippen LogP contribution in [0.5, 0.6) is 17.4 Å². The lowest BCUT2D eigenvalue weighted by Crippen LogP contribution is -2.20. The van der Waals surface area contributed by atoms with E-state index in [0.29, 0.717) is 24.1 Å². The van der Waals surface area contributed by atoms with Gasteiger partial charge in [0.05, 0.1) is 7.11 Å². The number of hydrogen-bond donors (Lipinski definition) is 0. The van der Waals surface area contributed by atoms with E-state index in [0.717, 1.165) is 0 Å². The van der Waals surface area contributed by atoms with Gasteiger partial charge in [0.15, 0.2) is 11.5 Å². The van der Waals surface area contributed by atoms with Crippen molar-refractivity contribution in [3.8, 4) is 17.4 Å². The minimum absolute atomic E-state index is 0.0595. The topological polar surface area (TPSA) is 70.4 Å². The van der Waals surface area contributed by atoms with E-state index in [9.17, 15) is 9.59 Å². The molecule has 104 valence electrons. The number of methoxy groups -OCH3 is 1. The molecule has 0 amide bonds. The first kappa shape index (κ1) is 13.8. The SMILES string of the molecule is CCn1ccnc(Oc2cc(C=O)ccc2OC)c1=O. The van der Waals surface area contributed by atoms with Gasteiger partial charge >= 0.3 is 5.56 Å². The molecule has 0 N–H and O–H groups in total. The third-order valence-electron chi connectivity index (χ3n) is 2.75. The van der Waals surface area contributed by atoms with Crippen LogP contribution in [-0.4, -0.2) is 22.9 Å². The van der Waals surface area contributed by atoms with Crippen molar-refractivity contribution in [1.82, 2.24) is 9.55 Å². The van der Waals surface area contributed by atoms with Gasteiger partial charge in [-0.25, -0.2) is 4.98 Å². The van der Waals surface area contributed by atoms with Gasteiger partial charge < -0.3 is 14.0 Å². The molecule has 0 saturated heterocycles. The number of carbonyl (C=O) groups is 1. The van der Waals surface area contributed by atoms with E-state index >= 15 is 0 Å². The molecule has 0 bridgehead atoms. The Morgan fingerprint density at radius 3 is 2.80 bits per heavy atom. The number of aldehydes is 1. The number of benzene rings is 1. The fourth-order valence-corrected chi connectivity index (χ4v) is 1.70. The molecule has 20 heavy (non-hydrogen) atoms. The summed E-state index contributed by atoms with van der Waals surface area (Å²) >= 11 is 0. The molecule has 6 nitrogen and oxygen atoms in total. The van der Waals surface area contributed by atoms with Gasteiger partial charge in [-0.3, -0.25) is 9.59 Å². The second-order valence-electron chi connectivity index (χ2n) is 3.95. The van der Waals surface area contributed by atoms with Crippen LogP contribution in [0.3, 0.4) is 0 Å². The number of aryl methyl sites for hydroxylation is 1. The smallest absolute Gasteiger partial charge is 0.313 e. The first-order chi connectivity index (χ1) is 9.69. The molecule has 1 aromatic carbocycles. The van der Waals surface area contributed by atoms with Crippen molar-refractivity contribution in [2.45, 2.75) is 13.5 Å². The molecule has 1 heterocycles. The number of nitrogens with zero attached hydrogens (tertiary/aromatic N) is 2. The van der Waals surface area contributed by atoms with Crippen molar-refractivity contribution in [1.29, 1.82) is 0 Å². The highest BCUT2D eigenvalue weighted by Crippen LogP contribution is 2.30. The average Bonchev–Trinajstić information content (AvgIpc) is 2.49. The van der Waals surface area contributed by atoms with Crippen LogP contribution in [0.2, 0.25) is 0 Å². The van der Waals surface area contributed by atoms with Crippen LogP contribution < -0.4 is 15.0 Å². The Labute approximate surface area is 115 Å². The Balaban J connectivity index is 2.44. The maximum absolute atomic E-state index is 12.0. The molecular formula is C14H14N2O4. The van der Waals surface area contributed by atoms with Gasteiger partial charge in [0, 0.05) is 24.5 Å². The molecule has 2 aromatic rings. The highest BCUT2D eigenvalue weighted by molar-refractivity contribution is 5.76. The van der Waals surface area contributed by atoms with Crippen molar-refractivity contribution in [3.05, 3.63) is 46.5 Å². The van der Waals surface area contributed by atoms with Gasteiger partial charge in [-0.2, -0.15) is 0 Å². The van der Waals surface area contributed by atoms with Gasteiger partial charge in [0.25, 0.3) is 5.88 Å². The van der Waals surface area contributed by atoms with Crippen LogP contribution in [0.25, 0.3) is 0 Å². The fraction of sp³-hybridized carbons (Fsp3) is 0.214.